The summed E-state index contributed by atoms with van der Waals surface area (Å²) in [6.45, 7) is 0. The number of pyridine rings is 1. The number of rotatable bonds is 4. The van der Waals surface area contributed by atoms with Gasteiger partial charge in [0.05, 0.1) is 19.2 Å². The van der Waals surface area contributed by atoms with Crippen LogP contribution in [0, 0.1) is 5.82 Å². The minimum Gasteiger partial charge on any atom is -0.481 e. The third-order valence-electron chi connectivity index (χ3n) is 2.64. The quantitative estimate of drug-likeness (QED) is 0.918. The van der Waals surface area contributed by atoms with Gasteiger partial charge in [-0.3, -0.25) is 4.79 Å². The molecule has 0 saturated carbocycles. The van der Waals surface area contributed by atoms with Gasteiger partial charge < -0.3 is 9.84 Å². The van der Waals surface area contributed by atoms with E-state index in [9.17, 15) is 9.18 Å². The number of carbonyl (C=O) groups is 1. The zero-order chi connectivity index (χ0) is 13.8. The van der Waals surface area contributed by atoms with Crippen LogP contribution in [0.5, 0.6) is 5.88 Å². The lowest BCUT2D eigenvalue weighted by atomic mass is 10.0. The highest BCUT2D eigenvalue weighted by atomic mass is 19.1. The Morgan fingerprint density at radius 3 is 2.63 bits per heavy atom. The lowest BCUT2D eigenvalue weighted by molar-refractivity contribution is -0.136. The van der Waals surface area contributed by atoms with E-state index >= 15 is 0 Å². The van der Waals surface area contributed by atoms with Gasteiger partial charge in [-0.05, 0) is 12.1 Å². The minimum atomic E-state index is -1.03. The molecule has 0 aliphatic carbocycles. The Hall–Kier alpha value is -2.43. The van der Waals surface area contributed by atoms with Crippen LogP contribution in [0.15, 0.2) is 36.4 Å². The number of benzene rings is 1. The van der Waals surface area contributed by atoms with E-state index in [0.29, 0.717) is 17.0 Å². The molecule has 0 aliphatic rings. The number of aromatic nitrogens is 1. The van der Waals surface area contributed by atoms with E-state index in [1.54, 1.807) is 30.3 Å². The standard InChI is InChI=1S/C14H12FNO3/c1-19-13-7-6-10(12(16-13)8-14(17)18)9-4-2-3-5-11(9)15/h2-7H,8H2,1H3,(H,17,18). The molecule has 98 valence electrons. The zero-order valence-electron chi connectivity index (χ0n) is 10.3. The van der Waals surface area contributed by atoms with Crippen LogP contribution in [-0.2, 0) is 11.2 Å². The highest BCUT2D eigenvalue weighted by Gasteiger charge is 2.14. The summed E-state index contributed by atoms with van der Waals surface area (Å²) in [7, 11) is 1.44. The number of nitrogens with zero attached hydrogens (tertiary/aromatic N) is 1. The third kappa shape index (κ3) is 2.88. The molecule has 1 N–H and O–H groups in total. The topological polar surface area (TPSA) is 59.4 Å². The molecular formula is C14H12FNO3. The predicted octanol–water partition coefficient (Wildman–Crippen LogP) is 2.52. The molecule has 0 saturated heterocycles. The third-order valence-corrected chi connectivity index (χ3v) is 2.64. The van der Waals surface area contributed by atoms with Crippen molar-refractivity contribution in [2.45, 2.75) is 6.42 Å². The number of hydrogen-bond donors (Lipinski definition) is 1. The van der Waals surface area contributed by atoms with E-state index in [1.165, 1.54) is 13.2 Å². The van der Waals surface area contributed by atoms with E-state index in [0.717, 1.165) is 0 Å². The Bertz CT molecular complexity index is 613. The summed E-state index contributed by atoms with van der Waals surface area (Å²) < 4.78 is 18.7. The number of hydrogen-bond acceptors (Lipinski definition) is 3. The molecule has 2 aromatic rings. The molecule has 0 atom stereocenters. The van der Waals surface area contributed by atoms with Gasteiger partial charge in [-0.2, -0.15) is 0 Å². The van der Waals surface area contributed by atoms with E-state index in [2.05, 4.69) is 4.98 Å². The summed E-state index contributed by atoms with van der Waals surface area (Å²) in [6, 6.07) is 9.36. The molecule has 19 heavy (non-hydrogen) atoms. The van der Waals surface area contributed by atoms with Gasteiger partial charge in [0.25, 0.3) is 0 Å². The van der Waals surface area contributed by atoms with Gasteiger partial charge in [-0.25, -0.2) is 9.37 Å². The molecule has 0 aliphatic heterocycles. The maximum absolute atomic E-state index is 13.8. The highest BCUT2D eigenvalue weighted by Crippen LogP contribution is 2.27. The Morgan fingerprint density at radius 2 is 2.00 bits per heavy atom. The van der Waals surface area contributed by atoms with Gasteiger partial charge >= 0.3 is 5.97 Å². The molecule has 0 amide bonds. The lowest BCUT2D eigenvalue weighted by Crippen LogP contribution is -2.05. The fourth-order valence-electron chi connectivity index (χ4n) is 1.80. The second-order valence-electron chi connectivity index (χ2n) is 3.90. The Labute approximate surface area is 109 Å². The second-order valence-corrected chi connectivity index (χ2v) is 3.90. The Kier molecular flexibility index (Phi) is 3.75. The van der Waals surface area contributed by atoms with Crippen LogP contribution >= 0.6 is 0 Å². The summed E-state index contributed by atoms with van der Waals surface area (Å²) in [5.41, 5.74) is 1.06. The van der Waals surface area contributed by atoms with Crippen LogP contribution in [0.2, 0.25) is 0 Å². The number of aliphatic carboxylic acids is 1. The number of methoxy groups -OCH3 is 1. The maximum Gasteiger partial charge on any atom is 0.309 e. The van der Waals surface area contributed by atoms with Gasteiger partial charge in [0.2, 0.25) is 5.88 Å². The number of halogens is 1. The van der Waals surface area contributed by atoms with Crippen molar-refractivity contribution in [2.75, 3.05) is 7.11 Å². The fraction of sp³-hybridized carbons (Fsp3) is 0.143. The van der Waals surface area contributed by atoms with Crippen molar-refractivity contribution in [3.63, 3.8) is 0 Å². The van der Waals surface area contributed by atoms with E-state index < -0.39 is 11.8 Å². The molecule has 0 radical (unpaired) electrons. The molecule has 2 rings (SSSR count). The SMILES string of the molecule is COc1ccc(-c2ccccc2F)c(CC(=O)O)n1. The molecule has 0 bridgehead atoms. The fourth-order valence-corrected chi connectivity index (χ4v) is 1.80. The number of carboxylic acid groups (broad SMARTS) is 1. The zero-order valence-corrected chi connectivity index (χ0v) is 10.3. The normalized spacial score (nSPS) is 10.2. The maximum atomic E-state index is 13.8. The van der Waals surface area contributed by atoms with Crippen LogP contribution < -0.4 is 4.74 Å². The van der Waals surface area contributed by atoms with Crippen molar-refractivity contribution in [2.24, 2.45) is 0 Å². The molecule has 1 aromatic carbocycles. The molecule has 4 nitrogen and oxygen atoms in total. The molecule has 0 unspecified atom stereocenters. The van der Waals surface area contributed by atoms with Crippen LogP contribution in [0.1, 0.15) is 5.69 Å². The van der Waals surface area contributed by atoms with Crippen molar-refractivity contribution < 1.29 is 19.0 Å². The van der Waals surface area contributed by atoms with E-state index in [1.807, 2.05) is 0 Å². The average Bonchev–Trinajstić information content (AvgIpc) is 2.39. The summed E-state index contributed by atoms with van der Waals surface area (Å²) in [6.07, 6.45) is -0.291. The summed E-state index contributed by atoms with van der Waals surface area (Å²) >= 11 is 0. The molecular weight excluding hydrogens is 249 g/mol. The van der Waals surface area contributed by atoms with Gasteiger partial charge in [-0.1, -0.05) is 18.2 Å². The van der Waals surface area contributed by atoms with Crippen LogP contribution in [0.4, 0.5) is 4.39 Å². The van der Waals surface area contributed by atoms with Crippen molar-refractivity contribution in [1.82, 2.24) is 4.98 Å². The predicted molar refractivity (Wildman–Crippen MR) is 67.5 cm³/mol. The highest BCUT2D eigenvalue weighted by molar-refractivity contribution is 5.75. The smallest absolute Gasteiger partial charge is 0.309 e. The first-order valence-electron chi connectivity index (χ1n) is 5.62. The lowest BCUT2D eigenvalue weighted by Gasteiger charge is -2.10. The molecule has 5 heteroatoms. The van der Waals surface area contributed by atoms with Crippen LogP contribution in [-0.4, -0.2) is 23.2 Å². The minimum absolute atomic E-state index is 0.275. The van der Waals surface area contributed by atoms with E-state index in [-0.39, 0.29) is 12.1 Å². The first-order chi connectivity index (χ1) is 9.11. The van der Waals surface area contributed by atoms with Gasteiger partial charge in [0, 0.05) is 17.2 Å². The van der Waals surface area contributed by atoms with Gasteiger partial charge in [0.15, 0.2) is 0 Å². The molecule has 1 aromatic heterocycles. The number of carboxylic acids is 1. The first kappa shape index (κ1) is 13.0. The van der Waals surface area contributed by atoms with Crippen molar-refractivity contribution in [3.8, 4) is 17.0 Å². The molecule has 0 spiro atoms. The monoisotopic (exact) mass is 261 g/mol. The van der Waals surface area contributed by atoms with Crippen LogP contribution in [0.3, 0.4) is 0 Å². The number of ether oxygens (including phenoxy) is 1. The average molecular weight is 261 g/mol. The van der Waals surface area contributed by atoms with Gasteiger partial charge in [-0.15, -0.1) is 0 Å². The summed E-state index contributed by atoms with van der Waals surface area (Å²) in [4.78, 5) is 14.9. The van der Waals surface area contributed by atoms with Crippen molar-refractivity contribution in [1.29, 1.82) is 0 Å². The summed E-state index contributed by atoms with van der Waals surface area (Å²) in [5, 5.41) is 8.90. The first-order valence-corrected chi connectivity index (χ1v) is 5.62. The van der Waals surface area contributed by atoms with Gasteiger partial charge in [0.1, 0.15) is 5.82 Å². The largest absolute Gasteiger partial charge is 0.481 e. The molecule has 0 fully saturated rings. The second kappa shape index (κ2) is 5.48. The van der Waals surface area contributed by atoms with Crippen molar-refractivity contribution in [3.05, 3.63) is 47.9 Å². The Balaban J connectivity index is 2.56. The van der Waals surface area contributed by atoms with Crippen molar-refractivity contribution >= 4 is 5.97 Å². The Morgan fingerprint density at radius 1 is 1.26 bits per heavy atom. The molecule has 1 heterocycles. The summed E-state index contributed by atoms with van der Waals surface area (Å²) in [5.74, 6) is -1.14. The van der Waals surface area contributed by atoms with E-state index in [4.69, 9.17) is 9.84 Å². The van der Waals surface area contributed by atoms with Crippen LogP contribution in [0.25, 0.3) is 11.1 Å².